The molecule has 1 aromatic carbocycles. The van der Waals surface area contributed by atoms with E-state index in [1.54, 1.807) is 0 Å². The van der Waals surface area contributed by atoms with Gasteiger partial charge in [0.2, 0.25) is 0 Å². The van der Waals surface area contributed by atoms with E-state index in [1.165, 1.54) is 22.9 Å². The van der Waals surface area contributed by atoms with Crippen LogP contribution in [-0.4, -0.2) is 24.7 Å². The van der Waals surface area contributed by atoms with Crippen molar-refractivity contribution in [3.8, 4) is 5.69 Å². The van der Waals surface area contributed by atoms with Gasteiger partial charge in [0, 0.05) is 12.6 Å². The van der Waals surface area contributed by atoms with Gasteiger partial charge in [0.1, 0.15) is 5.02 Å². The van der Waals surface area contributed by atoms with E-state index in [4.69, 9.17) is 11.6 Å². The molecule has 19 heavy (non-hydrogen) atoms. The van der Waals surface area contributed by atoms with Crippen molar-refractivity contribution >= 4 is 17.3 Å². The molecule has 0 N–H and O–H groups in total. The third kappa shape index (κ3) is 2.48. The number of tetrazole rings is 1. The number of nitro groups is 1. The highest BCUT2D eigenvalue weighted by Gasteiger charge is 2.16. The molecule has 0 unspecified atom stereocenters. The molecule has 0 atom stereocenters. The van der Waals surface area contributed by atoms with Gasteiger partial charge in [-0.05, 0) is 29.0 Å². The molecule has 1 aromatic heterocycles. The topological polar surface area (TPSA) is 95.8 Å². The summed E-state index contributed by atoms with van der Waals surface area (Å²) in [6.07, 6.45) is 0.735. The molecule has 0 saturated carbocycles. The van der Waals surface area contributed by atoms with Gasteiger partial charge in [-0.1, -0.05) is 18.5 Å². The molecular formula is C10H10ClN5O3. The molecule has 100 valence electrons. The molecular weight excluding hydrogens is 274 g/mol. The Morgan fingerprint density at radius 3 is 2.79 bits per heavy atom. The minimum absolute atomic E-state index is 0.00255. The zero-order valence-electron chi connectivity index (χ0n) is 9.99. The summed E-state index contributed by atoms with van der Waals surface area (Å²) < 4.78 is 2.19. The number of rotatable bonds is 4. The van der Waals surface area contributed by atoms with Crippen LogP contribution in [0, 0.1) is 10.1 Å². The first-order chi connectivity index (χ1) is 9.04. The maximum atomic E-state index is 11.9. The van der Waals surface area contributed by atoms with Crippen LogP contribution in [0.2, 0.25) is 5.02 Å². The van der Waals surface area contributed by atoms with Crippen LogP contribution in [0.15, 0.2) is 23.0 Å². The monoisotopic (exact) mass is 283 g/mol. The van der Waals surface area contributed by atoms with E-state index in [9.17, 15) is 14.9 Å². The van der Waals surface area contributed by atoms with E-state index < -0.39 is 10.6 Å². The molecule has 0 spiro atoms. The van der Waals surface area contributed by atoms with Crippen molar-refractivity contribution in [3.63, 3.8) is 0 Å². The summed E-state index contributed by atoms with van der Waals surface area (Å²) in [5, 5.41) is 18.2. The molecule has 2 aromatic rings. The number of nitro benzene ring substituents is 1. The Morgan fingerprint density at radius 2 is 2.16 bits per heavy atom. The van der Waals surface area contributed by atoms with Crippen LogP contribution in [0.25, 0.3) is 5.69 Å². The molecule has 0 aliphatic carbocycles. The van der Waals surface area contributed by atoms with E-state index in [2.05, 4.69) is 10.4 Å². The summed E-state index contributed by atoms with van der Waals surface area (Å²) in [7, 11) is 0. The number of hydrogen-bond acceptors (Lipinski definition) is 5. The van der Waals surface area contributed by atoms with Crippen LogP contribution in [0.5, 0.6) is 0 Å². The van der Waals surface area contributed by atoms with Gasteiger partial charge < -0.3 is 0 Å². The number of hydrogen-bond donors (Lipinski definition) is 0. The van der Waals surface area contributed by atoms with E-state index in [1.807, 2.05) is 6.92 Å². The van der Waals surface area contributed by atoms with Crippen LogP contribution in [0.1, 0.15) is 13.3 Å². The molecule has 0 aliphatic heterocycles. The van der Waals surface area contributed by atoms with Crippen molar-refractivity contribution in [1.29, 1.82) is 0 Å². The first-order valence-electron chi connectivity index (χ1n) is 5.51. The first kappa shape index (κ1) is 13.2. The maximum Gasteiger partial charge on any atom is 0.368 e. The van der Waals surface area contributed by atoms with Gasteiger partial charge in [0.15, 0.2) is 0 Å². The maximum absolute atomic E-state index is 11.9. The van der Waals surface area contributed by atoms with Crippen molar-refractivity contribution in [2.75, 3.05) is 0 Å². The molecule has 0 saturated heterocycles. The lowest BCUT2D eigenvalue weighted by molar-refractivity contribution is -0.384. The van der Waals surface area contributed by atoms with Crippen LogP contribution in [0.3, 0.4) is 0 Å². The number of aryl methyl sites for hydroxylation is 1. The Bertz CT molecular complexity index is 678. The summed E-state index contributed by atoms with van der Waals surface area (Å²) >= 11 is 5.70. The van der Waals surface area contributed by atoms with Crippen molar-refractivity contribution in [2.24, 2.45) is 0 Å². The zero-order chi connectivity index (χ0) is 14.0. The molecule has 0 fully saturated rings. The second-order valence-electron chi connectivity index (χ2n) is 3.79. The van der Waals surface area contributed by atoms with E-state index in [0.717, 1.165) is 11.1 Å². The zero-order valence-corrected chi connectivity index (χ0v) is 10.7. The van der Waals surface area contributed by atoms with E-state index in [-0.39, 0.29) is 16.4 Å². The molecule has 8 nitrogen and oxygen atoms in total. The summed E-state index contributed by atoms with van der Waals surface area (Å²) in [5.41, 5.74) is -0.474. The van der Waals surface area contributed by atoms with Crippen LogP contribution < -0.4 is 5.69 Å². The third-order valence-electron chi connectivity index (χ3n) is 2.45. The Kier molecular flexibility index (Phi) is 3.61. The molecule has 0 aliphatic rings. The minimum Gasteiger partial charge on any atom is -0.258 e. The smallest absolute Gasteiger partial charge is 0.258 e. The average molecular weight is 284 g/mol. The highest BCUT2D eigenvalue weighted by molar-refractivity contribution is 6.32. The Balaban J connectivity index is 2.51. The lowest BCUT2D eigenvalue weighted by Crippen LogP contribution is -2.24. The molecule has 0 bridgehead atoms. The van der Waals surface area contributed by atoms with Gasteiger partial charge in [-0.25, -0.2) is 4.79 Å². The molecule has 0 amide bonds. The summed E-state index contributed by atoms with van der Waals surface area (Å²) in [6.45, 7) is 2.34. The van der Waals surface area contributed by atoms with Crippen LogP contribution in [-0.2, 0) is 6.54 Å². The second-order valence-corrected chi connectivity index (χ2v) is 4.20. The van der Waals surface area contributed by atoms with E-state index >= 15 is 0 Å². The van der Waals surface area contributed by atoms with Crippen LogP contribution >= 0.6 is 11.6 Å². The van der Waals surface area contributed by atoms with Gasteiger partial charge in [0.25, 0.3) is 5.69 Å². The highest BCUT2D eigenvalue weighted by atomic mass is 35.5. The van der Waals surface area contributed by atoms with Crippen molar-refractivity contribution in [2.45, 2.75) is 19.9 Å². The predicted octanol–water partition coefficient (Wildman–Crippen LogP) is 1.40. The quantitative estimate of drug-likeness (QED) is 0.624. The number of benzene rings is 1. The van der Waals surface area contributed by atoms with E-state index in [0.29, 0.717) is 6.54 Å². The largest absolute Gasteiger partial charge is 0.368 e. The van der Waals surface area contributed by atoms with Crippen molar-refractivity contribution in [1.82, 2.24) is 19.8 Å². The fraction of sp³-hybridized carbons (Fsp3) is 0.300. The second kappa shape index (κ2) is 5.19. The molecule has 9 heteroatoms. The SMILES string of the molecule is CCCn1nnn(-c2ccc(Cl)c([N+](=O)[O-])c2)c1=O. The van der Waals surface area contributed by atoms with Crippen LogP contribution in [0.4, 0.5) is 5.69 Å². The molecule has 0 radical (unpaired) electrons. The van der Waals surface area contributed by atoms with Gasteiger partial charge in [-0.3, -0.25) is 10.1 Å². The fourth-order valence-corrected chi connectivity index (χ4v) is 1.75. The van der Waals surface area contributed by atoms with Gasteiger partial charge in [-0.15, -0.1) is 0 Å². The lowest BCUT2D eigenvalue weighted by Gasteiger charge is -2.00. The normalized spacial score (nSPS) is 10.6. The van der Waals surface area contributed by atoms with Crippen molar-refractivity contribution in [3.05, 3.63) is 43.8 Å². The Morgan fingerprint density at radius 1 is 1.42 bits per heavy atom. The summed E-state index contributed by atoms with van der Waals surface area (Å²) in [4.78, 5) is 22.1. The summed E-state index contributed by atoms with van der Waals surface area (Å²) in [6, 6.07) is 4.01. The summed E-state index contributed by atoms with van der Waals surface area (Å²) in [5.74, 6) is 0. The number of nitrogens with zero attached hydrogens (tertiary/aromatic N) is 5. The lowest BCUT2D eigenvalue weighted by atomic mass is 10.3. The van der Waals surface area contributed by atoms with Crippen molar-refractivity contribution < 1.29 is 4.92 Å². The third-order valence-corrected chi connectivity index (χ3v) is 2.77. The van der Waals surface area contributed by atoms with Gasteiger partial charge in [0.05, 0.1) is 10.6 Å². The Labute approximate surface area is 112 Å². The standard InChI is InChI=1S/C10H10ClN5O3/c1-2-5-14-10(17)15(13-12-14)7-3-4-8(11)9(6-7)16(18)19/h3-4,6H,2,5H2,1H3. The first-order valence-corrected chi connectivity index (χ1v) is 5.89. The van der Waals surface area contributed by atoms with Gasteiger partial charge in [-0.2, -0.15) is 9.36 Å². The average Bonchev–Trinajstić information content (AvgIpc) is 2.72. The molecule has 2 rings (SSSR count). The highest BCUT2D eigenvalue weighted by Crippen LogP contribution is 2.25. The fourth-order valence-electron chi connectivity index (χ4n) is 1.56. The number of halogens is 1. The predicted molar refractivity (Wildman–Crippen MR) is 67.6 cm³/mol. The Hall–Kier alpha value is -2.22. The number of aromatic nitrogens is 4. The molecule has 1 heterocycles. The minimum atomic E-state index is -0.618. The van der Waals surface area contributed by atoms with Gasteiger partial charge >= 0.3 is 5.69 Å².